The van der Waals surface area contributed by atoms with E-state index < -0.39 is 29.4 Å². The first kappa shape index (κ1) is 24.5. The van der Waals surface area contributed by atoms with Gasteiger partial charge in [-0.3, -0.25) is 4.79 Å². The average Bonchev–Trinajstić information content (AvgIpc) is 3.31. The van der Waals surface area contributed by atoms with Crippen molar-refractivity contribution in [1.82, 2.24) is 15.6 Å². The van der Waals surface area contributed by atoms with Crippen molar-refractivity contribution in [1.29, 1.82) is 0 Å². The Morgan fingerprint density at radius 2 is 1.74 bits per heavy atom. The summed E-state index contributed by atoms with van der Waals surface area (Å²) in [5.74, 6) is -2.41. The minimum atomic E-state index is -0.882. The topological polar surface area (TPSA) is 92.4 Å². The van der Waals surface area contributed by atoms with Crippen LogP contribution in [0.4, 0.5) is 23.7 Å². The first-order valence-corrected chi connectivity index (χ1v) is 11.9. The predicted octanol–water partition coefficient (Wildman–Crippen LogP) is 5.00. The normalized spacial score (nSPS) is 17.5. The number of anilines is 1. The van der Waals surface area contributed by atoms with Gasteiger partial charge in [-0.25, -0.2) is 22.9 Å². The SMILES string of the molecule is O=C(Nc1ccc(F)cc1F)N[C@@H]1CCCC[C@H]1NC(=O)c1csc(COc2ccccc2F)n1. The first-order valence-electron chi connectivity index (χ1n) is 11.0. The van der Waals surface area contributed by atoms with Crippen molar-refractivity contribution in [2.24, 2.45) is 0 Å². The Morgan fingerprint density at radius 1 is 1.00 bits per heavy atom. The Bertz CT molecular complexity index is 1210. The number of urea groups is 1. The Balaban J connectivity index is 1.32. The van der Waals surface area contributed by atoms with Gasteiger partial charge in [-0.1, -0.05) is 25.0 Å². The zero-order valence-electron chi connectivity index (χ0n) is 18.5. The standard InChI is InChI=1S/C24H23F3N4O3S/c25-14-9-10-17(16(27)11-14)30-24(33)31-19-7-3-2-6-18(19)29-23(32)20-13-35-22(28-20)12-34-21-8-4-1-5-15(21)26/h1,4-5,8-11,13,18-19H,2-3,6-7,12H2,(H,29,32)(H2,30,31,33)/t18-,19-/m1/s1. The number of carbonyl (C=O) groups is 2. The van der Waals surface area contributed by atoms with E-state index in [1.54, 1.807) is 17.5 Å². The van der Waals surface area contributed by atoms with E-state index in [2.05, 4.69) is 20.9 Å². The molecule has 1 heterocycles. The maximum Gasteiger partial charge on any atom is 0.319 e. The maximum atomic E-state index is 13.8. The van der Waals surface area contributed by atoms with E-state index in [-0.39, 0.29) is 35.8 Å². The van der Waals surface area contributed by atoms with Crippen molar-refractivity contribution in [2.75, 3.05) is 5.32 Å². The summed E-state index contributed by atoms with van der Waals surface area (Å²) in [6.45, 7) is 0.0204. The second-order valence-electron chi connectivity index (χ2n) is 8.04. The lowest BCUT2D eigenvalue weighted by Gasteiger charge is -2.32. The van der Waals surface area contributed by atoms with Crippen LogP contribution in [0.25, 0.3) is 0 Å². The molecular formula is C24H23F3N4O3S. The number of aromatic nitrogens is 1. The van der Waals surface area contributed by atoms with Gasteiger partial charge in [-0.05, 0) is 37.1 Å². The van der Waals surface area contributed by atoms with E-state index in [1.165, 1.54) is 23.5 Å². The number of benzene rings is 2. The van der Waals surface area contributed by atoms with Crippen molar-refractivity contribution in [3.05, 3.63) is 76.0 Å². The number of thiazole rings is 1. The fraction of sp³-hybridized carbons (Fsp3) is 0.292. The van der Waals surface area contributed by atoms with Crippen LogP contribution in [0.5, 0.6) is 5.75 Å². The number of carbonyl (C=O) groups excluding carboxylic acids is 2. The number of para-hydroxylation sites is 1. The fourth-order valence-electron chi connectivity index (χ4n) is 3.82. The average molecular weight is 505 g/mol. The van der Waals surface area contributed by atoms with Crippen LogP contribution in [0.1, 0.15) is 41.2 Å². The number of halogens is 3. The summed E-state index contributed by atoms with van der Waals surface area (Å²) in [6.07, 6.45) is 3.00. The highest BCUT2D eigenvalue weighted by molar-refractivity contribution is 7.09. The van der Waals surface area contributed by atoms with Gasteiger partial charge in [0.15, 0.2) is 11.6 Å². The van der Waals surface area contributed by atoms with E-state index in [0.29, 0.717) is 23.9 Å². The molecule has 3 N–H and O–H groups in total. The zero-order valence-corrected chi connectivity index (χ0v) is 19.3. The van der Waals surface area contributed by atoms with E-state index in [4.69, 9.17) is 4.74 Å². The van der Waals surface area contributed by atoms with Crippen LogP contribution in [-0.4, -0.2) is 29.0 Å². The maximum absolute atomic E-state index is 13.8. The number of nitrogens with zero attached hydrogens (tertiary/aromatic N) is 1. The minimum absolute atomic E-state index is 0.0204. The Hall–Kier alpha value is -3.60. The molecule has 1 saturated carbocycles. The molecule has 4 rings (SSSR count). The molecule has 3 amide bonds. The Kier molecular flexibility index (Phi) is 7.86. The van der Waals surface area contributed by atoms with Gasteiger partial charge in [0.2, 0.25) is 0 Å². The number of rotatable bonds is 7. The van der Waals surface area contributed by atoms with Crippen LogP contribution in [0, 0.1) is 17.5 Å². The van der Waals surface area contributed by atoms with Crippen molar-refractivity contribution >= 4 is 29.0 Å². The van der Waals surface area contributed by atoms with Gasteiger partial charge in [0.05, 0.1) is 11.7 Å². The molecule has 11 heteroatoms. The fourth-order valence-corrected chi connectivity index (χ4v) is 4.50. The summed E-state index contributed by atoms with van der Waals surface area (Å²) in [6, 6.07) is 7.51. The van der Waals surface area contributed by atoms with Crippen molar-refractivity contribution in [2.45, 2.75) is 44.4 Å². The van der Waals surface area contributed by atoms with Gasteiger partial charge in [-0.15, -0.1) is 11.3 Å². The number of hydrogen-bond donors (Lipinski definition) is 3. The van der Waals surface area contributed by atoms with E-state index in [0.717, 1.165) is 25.0 Å². The molecule has 0 bridgehead atoms. The number of amides is 3. The molecular weight excluding hydrogens is 481 g/mol. The quantitative estimate of drug-likeness (QED) is 0.422. The van der Waals surface area contributed by atoms with Crippen LogP contribution in [-0.2, 0) is 6.61 Å². The molecule has 3 aromatic rings. The summed E-state index contributed by atoms with van der Waals surface area (Å²) in [5.41, 5.74) is 0.0530. The highest BCUT2D eigenvalue weighted by Crippen LogP contribution is 2.22. The van der Waals surface area contributed by atoms with Crippen LogP contribution in [0.2, 0.25) is 0 Å². The van der Waals surface area contributed by atoms with E-state index >= 15 is 0 Å². The molecule has 0 radical (unpaired) electrons. The van der Waals surface area contributed by atoms with Crippen molar-refractivity contribution < 1.29 is 27.5 Å². The monoisotopic (exact) mass is 504 g/mol. The lowest BCUT2D eigenvalue weighted by molar-refractivity contribution is 0.0911. The number of hydrogen-bond acceptors (Lipinski definition) is 5. The molecule has 2 aromatic carbocycles. The second-order valence-corrected chi connectivity index (χ2v) is 8.98. The predicted molar refractivity (Wildman–Crippen MR) is 125 cm³/mol. The minimum Gasteiger partial charge on any atom is -0.483 e. The van der Waals surface area contributed by atoms with Crippen molar-refractivity contribution in [3.63, 3.8) is 0 Å². The summed E-state index contributed by atoms with van der Waals surface area (Å²) in [5, 5.41) is 10.1. The van der Waals surface area contributed by atoms with Gasteiger partial charge in [0.25, 0.3) is 5.91 Å². The second kappa shape index (κ2) is 11.2. The molecule has 0 unspecified atom stereocenters. The Labute approximate surface area is 203 Å². The van der Waals surface area contributed by atoms with Gasteiger partial charge >= 0.3 is 6.03 Å². The molecule has 1 aliphatic carbocycles. The highest BCUT2D eigenvalue weighted by atomic mass is 32.1. The van der Waals surface area contributed by atoms with Gasteiger partial charge in [-0.2, -0.15) is 0 Å². The van der Waals surface area contributed by atoms with E-state index in [1.807, 2.05) is 0 Å². The largest absolute Gasteiger partial charge is 0.483 e. The number of ether oxygens (including phenoxy) is 1. The van der Waals surface area contributed by atoms with Crippen LogP contribution >= 0.6 is 11.3 Å². The van der Waals surface area contributed by atoms with Gasteiger partial charge < -0.3 is 20.7 Å². The molecule has 1 aliphatic rings. The molecule has 0 saturated heterocycles. The summed E-state index contributed by atoms with van der Waals surface area (Å²) in [7, 11) is 0. The van der Waals surface area contributed by atoms with Gasteiger partial charge in [0, 0.05) is 17.5 Å². The third-order valence-corrected chi connectivity index (χ3v) is 6.37. The van der Waals surface area contributed by atoms with E-state index in [9.17, 15) is 22.8 Å². The molecule has 0 spiro atoms. The highest BCUT2D eigenvalue weighted by Gasteiger charge is 2.29. The third-order valence-electron chi connectivity index (χ3n) is 5.55. The van der Waals surface area contributed by atoms with Crippen LogP contribution in [0.3, 0.4) is 0 Å². The van der Waals surface area contributed by atoms with Crippen molar-refractivity contribution in [3.8, 4) is 5.75 Å². The molecule has 1 aromatic heterocycles. The smallest absolute Gasteiger partial charge is 0.319 e. The lowest BCUT2D eigenvalue weighted by Crippen LogP contribution is -2.54. The summed E-state index contributed by atoms with van der Waals surface area (Å²) < 4.78 is 46.0. The zero-order chi connectivity index (χ0) is 24.8. The molecule has 7 nitrogen and oxygen atoms in total. The molecule has 184 valence electrons. The summed E-state index contributed by atoms with van der Waals surface area (Å²) >= 11 is 1.22. The molecule has 2 atom stereocenters. The lowest BCUT2D eigenvalue weighted by atomic mass is 9.90. The van der Waals surface area contributed by atoms with Crippen LogP contribution < -0.4 is 20.7 Å². The summed E-state index contributed by atoms with van der Waals surface area (Å²) in [4.78, 5) is 29.4. The third kappa shape index (κ3) is 6.50. The first-order chi connectivity index (χ1) is 16.9. The Morgan fingerprint density at radius 3 is 2.49 bits per heavy atom. The molecule has 1 fully saturated rings. The van der Waals surface area contributed by atoms with Crippen LogP contribution in [0.15, 0.2) is 47.8 Å². The molecule has 0 aliphatic heterocycles. The molecule has 35 heavy (non-hydrogen) atoms. The number of nitrogens with one attached hydrogen (secondary N) is 3. The van der Waals surface area contributed by atoms with Gasteiger partial charge in [0.1, 0.15) is 28.9 Å².